The van der Waals surface area contributed by atoms with Gasteiger partial charge in [-0.15, -0.1) is 0 Å². The summed E-state index contributed by atoms with van der Waals surface area (Å²) in [4.78, 5) is 23.3. The smallest absolute Gasteiger partial charge is 0.224 e. The van der Waals surface area contributed by atoms with Crippen LogP contribution in [0.3, 0.4) is 0 Å². The first kappa shape index (κ1) is 14.1. The van der Waals surface area contributed by atoms with Gasteiger partial charge in [-0.25, -0.2) is 0 Å². The molecule has 0 heterocycles. The number of allylic oxidation sites excluding steroid dienone is 2. The summed E-state index contributed by atoms with van der Waals surface area (Å²) in [5.74, 6) is -2.17. The van der Waals surface area contributed by atoms with E-state index in [1.54, 1.807) is 0 Å². The summed E-state index contributed by atoms with van der Waals surface area (Å²) in [5, 5.41) is 14.1. The Labute approximate surface area is 114 Å². The zero-order valence-electron chi connectivity index (χ0n) is 11.4. The molecule has 1 fully saturated rings. The van der Waals surface area contributed by atoms with Gasteiger partial charge in [-0.1, -0.05) is 38.3 Å². The van der Waals surface area contributed by atoms with E-state index >= 15 is 0 Å². The van der Waals surface area contributed by atoms with Crippen LogP contribution in [0.2, 0.25) is 0 Å². The van der Waals surface area contributed by atoms with E-state index in [9.17, 15) is 14.7 Å². The number of amides is 1. The first-order chi connectivity index (χ1) is 9.15. The molecule has 0 aromatic carbocycles. The predicted molar refractivity (Wildman–Crippen MR) is 69.9 cm³/mol. The molecule has 0 radical (unpaired) electrons. The maximum absolute atomic E-state index is 12.1. The van der Waals surface area contributed by atoms with Crippen LogP contribution in [-0.2, 0) is 9.59 Å². The Bertz CT molecular complexity index is 378. The molecule has 0 spiro atoms. The molecule has 2 rings (SSSR count). The van der Waals surface area contributed by atoms with Gasteiger partial charge in [-0.3, -0.25) is 4.79 Å². The van der Waals surface area contributed by atoms with Crippen molar-refractivity contribution in [3.8, 4) is 0 Å². The summed E-state index contributed by atoms with van der Waals surface area (Å²) >= 11 is 0. The summed E-state index contributed by atoms with van der Waals surface area (Å²) in [6, 6.07) is 0. The molecular formula is C15H22NO3-. The van der Waals surface area contributed by atoms with Crippen LogP contribution >= 0.6 is 0 Å². The number of carboxylic acids is 1. The van der Waals surface area contributed by atoms with Crippen LogP contribution in [0.4, 0.5) is 0 Å². The fourth-order valence-electron chi connectivity index (χ4n) is 3.38. The Hall–Kier alpha value is -1.32. The molecule has 2 bridgehead atoms. The number of nitrogens with one attached hydrogen (secondary N) is 1. The van der Waals surface area contributed by atoms with Crippen LogP contribution in [0.1, 0.15) is 39.0 Å². The topological polar surface area (TPSA) is 69.2 Å². The minimum Gasteiger partial charge on any atom is -0.550 e. The number of carbonyl (C=O) groups is 2. The third kappa shape index (κ3) is 2.99. The van der Waals surface area contributed by atoms with E-state index < -0.39 is 17.8 Å². The van der Waals surface area contributed by atoms with Crippen molar-refractivity contribution in [1.82, 2.24) is 5.32 Å². The molecular weight excluding hydrogens is 242 g/mol. The van der Waals surface area contributed by atoms with Crippen LogP contribution in [-0.4, -0.2) is 18.4 Å². The number of carbonyl (C=O) groups excluding carboxylic acids is 2. The van der Waals surface area contributed by atoms with Crippen molar-refractivity contribution in [1.29, 1.82) is 0 Å². The third-order valence-corrected chi connectivity index (χ3v) is 4.36. The molecule has 4 heteroatoms. The van der Waals surface area contributed by atoms with Gasteiger partial charge in [0.05, 0.1) is 5.92 Å². The van der Waals surface area contributed by atoms with Gasteiger partial charge < -0.3 is 15.2 Å². The fourth-order valence-corrected chi connectivity index (χ4v) is 3.38. The molecule has 0 unspecified atom stereocenters. The predicted octanol–water partition coefficient (Wildman–Crippen LogP) is 0.871. The van der Waals surface area contributed by atoms with Crippen molar-refractivity contribution in [3.63, 3.8) is 0 Å². The van der Waals surface area contributed by atoms with E-state index in [0.717, 1.165) is 25.7 Å². The molecule has 1 amide bonds. The first-order valence-corrected chi connectivity index (χ1v) is 7.32. The van der Waals surface area contributed by atoms with E-state index in [2.05, 4.69) is 12.2 Å². The second kappa shape index (κ2) is 6.22. The lowest BCUT2D eigenvalue weighted by Crippen LogP contribution is -2.45. The SMILES string of the molecule is CCCCCCNC(=O)[C@@H]1[C@@H](C(=O)[O-])[C@@H]2C=C[C@H]1C2. The normalized spacial score (nSPS) is 31.6. The zero-order chi connectivity index (χ0) is 13.8. The van der Waals surface area contributed by atoms with Gasteiger partial charge in [-0.2, -0.15) is 0 Å². The second-order valence-electron chi connectivity index (χ2n) is 5.67. The van der Waals surface area contributed by atoms with E-state index in [1.165, 1.54) is 6.42 Å². The highest BCUT2D eigenvalue weighted by molar-refractivity contribution is 5.86. The van der Waals surface area contributed by atoms with Gasteiger partial charge in [-0.05, 0) is 24.7 Å². The van der Waals surface area contributed by atoms with E-state index in [0.29, 0.717) is 6.54 Å². The summed E-state index contributed by atoms with van der Waals surface area (Å²) < 4.78 is 0. The molecule has 19 heavy (non-hydrogen) atoms. The minimum atomic E-state index is -1.08. The van der Waals surface area contributed by atoms with Crippen molar-refractivity contribution < 1.29 is 14.7 Å². The second-order valence-corrected chi connectivity index (χ2v) is 5.67. The van der Waals surface area contributed by atoms with Gasteiger partial charge in [0.1, 0.15) is 0 Å². The van der Waals surface area contributed by atoms with Crippen LogP contribution < -0.4 is 10.4 Å². The lowest BCUT2D eigenvalue weighted by Gasteiger charge is -2.27. The van der Waals surface area contributed by atoms with E-state index in [4.69, 9.17) is 0 Å². The van der Waals surface area contributed by atoms with Crippen LogP contribution in [0, 0.1) is 23.7 Å². The van der Waals surface area contributed by atoms with Crippen LogP contribution in [0.25, 0.3) is 0 Å². The van der Waals surface area contributed by atoms with Crippen LogP contribution in [0.15, 0.2) is 12.2 Å². The van der Waals surface area contributed by atoms with E-state index in [-0.39, 0.29) is 17.7 Å². The number of hydrogen-bond acceptors (Lipinski definition) is 3. The van der Waals surface area contributed by atoms with Crippen LogP contribution in [0.5, 0.6) is 0 Å². The Morgan fingerprint density at radius 2 is 1.84 bits per heavy atom. The first-order valence-electron chi connectivity index (χ1n) is 7.32. The van der Waals surface area contributed by atoms with Gasteiger partial charge >= 0.3 is 0 Å². The van der Waals surface area contributed by atoms with Crippen molar-refractivity contribution in [2.45, 2.75) is 39.0 Å². The molecule has 4 nitrogen and oxygen atoms in total. The number of unbranched alkanes of at least 4 members (excludes halogenated alkanes) is 3. The average Bonchev–Trinajstić information content (AvgIpc) is 2.98. The Morgan fingerprint density at radius 1 is 1.16 bits per heavy atom. The summed E-state index contributed by atoms with van der Waals surface area (Å²) in [5.41, 5.74) is 0. The molecule has 0 aromatic heterocycles. The van der Waals surface area contributed by atoms with Crippen molar-refractivity contribution in [2.24, 2.45) is 23.7 Å². The maximum Gasteiger partial charge on any atom is 0.224 e. The summed E-state index contributed by atoms with van der Waals surface area (Å²) in [7, 11) is 0. The van der Waals surface area contributed by atoms with Crippen molar-refractivity contribution in [3.05, 3.63) is 12.2 Å². The highest BCUT2D eigenvalue weighted by Crippen LogP contribution is 2.47. The Balaban J connectivity index is 1.84. The molecule has 0 aromatic rings. The number of aliphatic carboxylic acids is 1. The summed E-state index contributed by atoms with van der Waals surface area (Å²) in [6.45, 7) is 2.79. The molecule has 0 saturated heterocycles. The van der Waals surface area contributed by atoms with E-state index in [1.807, 2.05) is 12.2 Å². The zero-order valence-corrected chi connectivity index (χ0v) is 11.4. The molecule has 0 aliphatic heterocycles. The van der Waals surface area contributed by atoms with Gasteiger partial charge in [0.25, 0.3) is 0 Å². The monoisotopic (exact) mass is 264 g/mol. The maximum atomic E-state index is 12.1. The fraction of sp³-hybridized carbons (Fsp3) is 0.733. The Kier molecular flexibility index (Phi) is 4.61. The van der Waals surface area contributed by atoms with Gasteiger partial charge in [0, 0.05) is 18.4 Å². The lowest BCUT2D eigenvalue weighted by molar-refractivity contribution is -0.313. The molecule has 106 valence electrons. The van der Waals surface area contributed by atoms with Crippen molar-refractivity contribution in [2.75, 3.05) is 6.54 Å². The van der Waals surface area contributed by atoms with Crippen molar-refractivity contribution >= 4 is 11.9 Å². The minimum absolute atomic E-state index is 0.00848. The third-order valence-electron chi connectivity index (χ3n) is 4.36. The standard InChI is InChI=1S/C15H23NO3/c1-2-3-4-5-8-16-14(17)12-10-6-7-11(9-10)13(12)15(18)19/h6-7,10-13H,2-5,8-9H2,1H3,(H,16,17)(H,18,19)/p-1/t10-,11+,12-,13-/m0/s1. The molecule has 1 saturated carbocycles. The highest BCUT2D eigenvalue weighted by Gasteiger charge is 2.48. The number of hydrogen-bond donors (Lipinski definition) is 1. The Morgan fingerprint density at radius 3 is 2.47 bits per heavy atom. The van der Waals surface area contributed by atoms with Gasteiger partial charge in [0.15, 0.2) is 0 Å². The summed E-state index contributed by atoms with van der Waals surface area (Å²) in [6.07, 6.45) is 9.12. The number of carboxylic acid groups (broad SMARTS) is 1. The molecule has 2 aliphatic carbocycles. The largest absolute Gasteiger partial charge is 0.550 e. The molecule has 1 N–H and O–H groups in total. The van der Waals surface area contributed by atoms with Gasteiger partial charge in [0.2, 0.25) is 5.91 Å². The quantitative estimate of drug-likeness (QED) is 0.548. The lowest BCUT2D eigenvalue weighted by atomic mass is 9.82. The molecule has 2 aliphatic rings. The number of fused-ring (bicyclic) bond motifs is 2. The number of rotatable bonds is 7. The average molecular weight is 264 g/mol. The highest BCUT2D eigenvalue weighted by atomic mass is 16.4. The molecule has 4 atom stereocenters.